The lowest BCUT2D eigenvalue weighted by Gasteiger charge is -2.30. The molecule has 1 unspecified atom stereocenters. The highest BCUT2D eigenvalue weighted by molar-refractivity contribution is 7.09. The van der Waals surface area contributed by atoms with Crippen LogP contribution in [-0.2, 0) is 17.6 Å². The minimum absolute atomic E-state index is 0.0302. The Kier molecular flexibility index (Phi) is 7.13. The van der Waals surface area contributed by atoms with E-state index in [1.807, 2.05) is 23.6 Å². The van der Waals surface area contributed by atoms with Gasteiger partial charge in [-0.3, -0.25) is 9.69 Å². The molecule has 1 aromatic carbocycles. The fourth-order valence-corrected chi connectivity index (χ4v) is 3.86. The fourth-order valence-electron chi connectivity index (χ4n) is 3.07. The predicted molar refractivity (Wildman–Crippen MR) is 104 cm³/mol. The molecule has 1 aromatic heterocycles. The first-order valence-electron chi connectivity index (χ1n) is 9.04. The lowest BCUT2D eigenvalue weighted by Crippen LogP contribution is -2.48. The van der Waals surface area contributed by atoms with Crippen LogP contribution in [0.3, 0.4) is 0 Å². The Morgan fingerprint density at radius 3 is 2.81 bits per heavy atom. The number of hydrogen-bond donors (Lipinski definition) is 2. The van der Waals surface area contributed by atoms with Gasteiger partial charge in [0.15, 0.2) is 0 Å². The van der Waals surface area contributed by atoms with Crippen molar-refractivity contribution in [1.82, 2.24) is 15.2 Å². The lowest BCUT2D eigenvalue weighted by atomic mass is 10.0. The van der Waals surface area contributed by atoms with Crippen molar-refractivity contribution in [3.63, 3.8) is 0 Å². The summed E-state index contributed by atoms with van der Waals surface area (Å²) < 4.78 is 5.43. The summed E-state index contributed by atoms with van der Waals surface area (Å²) in [6.45, 7) is 4.66. The second kappa shape index (κ2) is 9.78. The molecule has 1 aliphatic rings. The molecule has 1 fully saturated rings. The molecule has 140 valence electrons. The first kappa shape index (κ1) is 19.0. The molecule has 2 heterocycles. The van der Waals surface area contributed by atoms with Crippen LogP contribution >= 0.6 is 11.3 Å². The number of hydrogen-bond acceptors (Lipinski definition) is 6. The zero-order valence-electron chi connectivity index (χ0n) is 14.9. The van der Waals surface area contributed by atoms with E-state index in [0.29, 0.717) is 18.7 Å². The quantitative estimate of drug-likeness (QED) is 0.728. The van der Waals surface area contributed by atoms with Crippen LogP contribution in [0.1, 0.15) is 21.1 Å². The highest BCUT2D eigenvalue weighted by Crippen LogP contribution is 2.12. The fraction of sp³-hybridized carbons (Fsp3) is 0.474. The van der Waals surface area contributed by atoms with Gasteiger partial charge < -0.3 is 15.8 Å². The molecule has 0 spiro atoms. The minimum Gasteiger partial charge on any atom is -0.379 e. The van der Waals surface area contributed by atoms with Crippen molar-refractivity contribution >= 4 is 17.2 Å². The van der Waals surface area contributed by atoms with E-state index in [2.05, 4.69) is 27.3 Å². The Balaban J connectivity index is 1.65. The van der Waals surface area contributed by atoms with Crippen LogP contribution in [0, 0.1) is 0 Å². The van der Waals surface area contributed by atoms with Gasteiger partial charge >= 0.3 is 0 Å². The first-order chi connectivity index (χ1) is 12.7. The van der Waals surface area contributed by atoms with E-state index in [-0.39, 0.29) is 11.9 Å². The number of amides is 1. The van der Waals surface area contributed by atoms with Crippen molar-refractivity contribution in [2.24, 2.45) is 5.73 Å². The number of carbonyl (C=O) groups is 1. The molecule has 7 heteroatoms. The van der Waals surface area contributed by atoms with Gasteiger partial charge in [-0.1, -0.05) is 30.3 Å². The topological polar surface area (TPSA) is 80.5 Å². The summed E-state index contributed by atoms with van der Waals surface area (Å²) in [5.41, 5.74) is 7.27. The van der Waals surface area contributed by atoms with Gasteiger partial charge in [-0.15, -0.1) is 11.3 Å². The number of carbonyl (C=O) groups excluding carboxylic acids is 1. The number of aromatic nitrogens is 1. The van der Waals surface area contributed by atoms with Crippen molar-refractivity contribution in [1.29, 1.82) is 0 Å². The number of nitrogens with two attached hydrogens (primary N) is 1. The van der Waals surface area contributed by atoms with Gasteiger partial charge in [-0.25, -0.2) is 4.98 Å². The van der Waals surface area contributed by atoms with Gasteiger partial charge in [-0.2, -0.15) is 0 Å². The summed E-state index contributed by atoms with van der Waals surface area (Å²) in [5, 5.41) is 5.90. The van der Waals surface area contributed by atoms with Gasteiger partial charge in [-0.05, 0) is 18.5 Å². The Hall–Kier alpha value is -1.80. The highest BCUT2D eigenvalue weighted by atomic mass is 32.1. The maximum Gasteiger partial charge on any atom is 0.271 e. The standard InChI is InChI=1S/C19H26N4O2S/c20-7-6-18-22-17(14-26-18)19(24)21-16(12-15-4-2-1-3-5-15)13-23-8-10-25-11-9-23/h1-5,14,16H,6-13,20H2,(H,21,24). The van der Waals surface area contributed by atoms with Crippen LogP contribution in [0.5, 0.6) is 0 Å². The molecule has 1 atom stereocenters. The number of rotatable bonds is 8. The normalized spacial score (nSPS) is 16.3. The third-order valence-electron chi connectivity index (χ3n) is 4.39. The molecule has 6 nitrogen and oxygen atoms in total. The molecule has 0 saturated carbocycles. The zero-order valence-corrected chi connectivity index (χ0v) is 15.7. The van der Waals surface area contributed by atoms with Crippen molar-refractivity contribution < 1.29 is 9.53 Å². The number of thiazole rings is 1. The molecule has 26 heavy (non-hydrogen) atoms. The SMILES string of the molecule is NCCc1nc(C(=O)NC(Cc2ccccc2)CN2CCOCC2)cs1. The van der Waals surface area contributed by atoms with E-state index >= 15 is 0 Å². The zero-order chi connectivity index (χ0) is 18.2. The average Bonchev–Trinajstić information content (AvgIpc) is 3.12. The van der Waals surface area contributed by atoms with Gasteiger partial charge in [0.25, 0.3) is 5.91 Å². The molecule has 3 rings (SSSR count). The van der Waals surface area contributed by atoms with Crippen LogP contribution in [0.4, 0.5) is 0 Å². The Bertz CT molecular complexity index is 686. The third kappa shape index (κ3) is 5.60. The monoisotopic (exact) mass is 374 g/mol. The number of benzene rings is 1. The van der Waals surface area contributed by atoms with Gasteiger partial charge in [0.2, 0.25) is 0 Å². The van der Waals surface area contributed by atoms with E-state index in [1.54, 1.807) is 0 Å². The average molecular weight is 375 g/mol. The first-order valence-corrected chi connectivity index (χ1v) is 9.92. The third-order valence-corrected chi connectivity index (χ3v) is 5.29. The molecular weight excluding hydrogens is 348 g/mol. The second-order valence-corrected chi connectivity index (χ2v) is 7.38. The molecule has 3 N–H and O–H groups in total. The van der Waals surface area contributed by atoms with Crippen LogP contribution in [0.25, 0.3) is 0 Å². The molecule has 2 aromatic rings. The summed E-state index contributed by atoms with van der Waals surface area (Å²) in [6, 6.07) is 10.3. The highest BCUT2D eigenvalue weighted by Gasteiger charge is 2.21. The predicted octanol–water partition coefficient (Wildman–Crippen LogP) is 1.32. The number of morpholine rings is 1. The van der Waals surface area contributed by atoms with Gasteiger partial charge in [0, 0.05) is 37.5 Å². The summed E-state index contributed by atoms with van der Waals surface area (Å²) in [7, 11) is 0. The molecular formula is C19H26N4O2S. The Morgan fingerprint density at radius 2 is 2.08 bits per heavy atom. The Morgan fingerprint density at radius 1 is 1.31 bits per heavy atom. The van der Waals surface area contributed by atoms with E-state index in [9.17, 15) is 4.79 Å². The van der Waals surface area contributed by atoms with E-state index in [4.69, 9.17) is 10.5 Å². The van der Waals surface area contributed by atoms with Crippen molar-refractivity contribution in [2.75, 3.05) is 39.4 Å². The van der Waals surface area contributed by atoms with E-state index in [1.165, 1.54) is 16.9 Å². The molecule has 1 aliphatic heterocycles. The maximum atomic E-state index is 12.7. The molecule has 1 amide bonds. The van der Waals surface area contributed by atoms with E-state index < -0.39 is 0 Å². The lowest BCUT2D eigenvalue weighted by molar-refractivity contribution is 0.0333. The van der Waals surface area contributed by atoms with E-state index in [0.717, 1.165) is 44.3 Å². The van der Waals surface area contributed by atoms with Crippen LogP contribution in [-0.4, -0.2) is 61.2 Å². The molecule has 0 radical (unpaired) electrons. The summed E-state index contributed by atoms with van der Waals surface area (Å²) in [5.74, 6) is -0.112. The number of ether oxygens (including phenoxy) is 1. The van der Waals surface area contributed by atoms with Gasteiger partial charge in [0.05, 0.1) is 18.2 Å². The van der Waals surface area contributed by atoms with Crippen LogP contribution < -0.4 is 11.1 Å². The molecule has 0 aliphatic carbocycles. The minimum atomic E-state index is -0.112. The van der Waals surface area contributed by atoms with Crippen molar-refractivity contribution in [3.05, 3.63) is 52.0 Å². The summed E-state index contributed by atoms with van der Waals surface area (Å²) in [4.78, 5) is 19.4. The largest absolute Gasteiger partial charge is 0.379 e. The summed E-state index contributed by atoms with van der Waals surface area (Å²) in [6.07, 6.45) is 1.50. The maximum absolute atomic E-state index is 12.7. The van der Waals surface area contributed by atoms with Crippen LogP contribution in [0.15, 0.2) is 35.7 Å². The number of nitrogens with zero attached hydrogens (tertiary/aromatic N) is 2. The smallest absolute Gasteiger partial charge is 0.271 e. The Labute approximate surface area is 158 Å². The summed E-state index contributed by atoms with van der Waals surface area (Å²) >= 11 is 1.49. The molecule has 1 saturated heterocycles. The molecule has 0 bridgehead atoms. The van der Waals surface area contributed by atoms with Crippen molar-refractivity contribution in [3.8, 4) is 0 Å². The van der Waals surface area contributed by atoms with Crippen LogP contribution in [0.2, 0.25) is 0 Å². The van der Waals surface area contributed by atoms with Gasteiger partial charge in [0.1, 0.15) is 5.69 Å². The number of nitrogens with one attached hydrogen (secondary N) is 1. The van der Waals surface area contributed by atoms with Crippen molar-refractivity contribution in [2.45, 2.75) is 18.9 Å². The second-order valence-electron chi connectivity index (χ2n) is 6.44.